The van der Waals surface area contributed by atoms with E-state index in [1.54, 1.807) is 13.8 Å². The van der Waals surface area contributed by atoms with E-state index < -0.39 is 35.1 Å². The minimum atomic E-state index is -0.562. The summed E-state index contributed by atoms with van der Waals surface area (Å²) in [6.07, 6.45) is 13.4. The van der Waals surface area contributed by atoms with Gasteiger partial charge in [-0.3, -0.25) is 0 Å². The van der Waals surface area contributed by atoms with Gasteiger partial charge in [-0.15, -0.1) is 0 Å². The van der Waals surface area contributed by atoms with Crippen LogP contribution in [-0.2, 0) is 38.1 Å². The lowest BCUT2D eigenvalue weighted by molar-refractivity contribution is -0.176. The quantitative estimate of drug-likeness (QED) is 0.164. The molecule has 6 atom stereocenters. The van der Waals surface area contributed by atoms with Gasteiger partial charge in [0.25, 0.3) is 0 Å². The summed E-state index contributed by atoms with van der Waals surface area (Å²) in [6, 6.07) is 0. The van der Waals surface area contributed by atoms with Crippen molar-refractivity contribution in [3.05, 3.63) is 48.6 Å². The molecule has 0 heterocycles. The zero-order chi connectivity index (χ0) is 29.0. The highest BCUT2D eigenvalue weighted by atomic mass is 16.6. The fourth-order valence-corrected chi connectivity index (χ4v) is 6.25. The van der Waals surface area contributed by atoms with Crippen LogP contribution in [-0.4, -0.2) is 48.3 Å². The topological polar surface area (TPSA) is 105 Å². The highest BCUT2D eigenvalue weighted by Crippen LogP contribution is 2.52. The average Bonchev–Trinajstić information content (AvgIpc) is 3.67. The Hall–Kier alpha value is -3.16. The number of hydrogen-bond acceptors (Lipinski definition) is 8. The van der Waals surface area contributed by atoms with Gasteiger partial charge in [-0.25, -0.2) is 19.2 Å². The number of esters is 4. The van der Waals surface area contributed by atoms with Gasteiger partial charge in [-0.2, -0.15) is 0 Å². The number of ether oxygens (including phenoxy) is 4. The summed E-state index contributed by atoms with van der Waals surface area (Å²) in [4.78, 5) is 46.3. The van der Waals surface area contributed by atoms with Crippen LogP contribution < -0.4 is 0 Å². The molecule has 8 heteroatoms. The summed E-state index contributed by atoms with van der Waals surface area (Å²) < 4.78 is 21.0. The van der Waals surface area contributed by atoms with Gasteiger partial charge in [-0.05, 0) is 63.7 Å². The molecule has 4 rings (SSSR count). The number of fused-ring (bicyclic) bond motifs is 4. The third-order valence-electron chi connectivity index (χ3n) is 8.37. The lowest BCUT2D eigenvalue weighted by Crippen LogP contribution is -2.45. The van der Waals surface area contributed by atoms with E-state index in [0.29, 0.717) is 17.8 Å². The SMILES string of the molecule is C=C(C)C(=O)OCC(=O)OC1(C(C)C)CC2C=CC1C2.C=C(C)C(=O)OCC(=O)OC1(CC)CC2C=CC1C2. The minimum Gasteiger partial charge on any atom is -0.456 e. The van der Waals surface area contributed by atoms with Crippen molar-refractivity contribution in [2.24, 2.45) is 29.6 Å². The van der Waals surface area contributed by atoms with Crippen LogP contribution in [0.4, 0.5) is 0 Å². The molecule has 0 radical (unpaired) electrons. The Balaban J connectivity index is 0.000000216. The van der Waals surface area contributed by atoms with Gasteiger partial charge in [-0.1, -0.05) is 58.2 Å². The number of allylic oxidation sites excluding steroid dienone is 2. The molecule has 0 aromatic carbocycles. The van der Waals surface area contributed by atoms with E-state index in [9.17, 15) is 19.2 Å². The molecule has 0 aromatic heterocycles. The third kappa shape index (κ3) is 6.89. The lowest BCUT2D eigenvalue weighted by atomic mass is 9.79. The maximum atomic E-state index is 12.0. The summed E-state index contributed by atoms with van der Waals surface area (Å²) in [5, 5.41) is 0. The van der Waals surface area contributed by atoms with Gasteiger partial charge in [0.2, 0.25) is 0 Å². The van der Waals surface area contributed by atoms with E-state index in [1.165, 1.54) is 0 Å². The predicted molar refractivity (Wildman–Crippen MR) is 145 cm³/mol. The molecule has 0 amide bonds. The molecular formula is C31H42O8. The Kier molecular flexibility index (Phi) is 9.62. The highest BCUT2D eigenvalue weighted by molar-refractivity contribution is 5.89. The number of rotatable bonds is 10. The summed E-state index contributed by atoms with van der Waals surface area (Å²) in [5.41, 5.74) is -0.279. The molecule has 0 N–H and O–H groups in total. The van der Waals surface area contributed by atoms with Gasteiger partial charge < -0.3 is 18.9 Å². The first kappa shape index (κ1) is 30.4. The maximum Gasteiger partial charge on any atom is 0.344 e. The largest absolute Gasteiger partial charge is 0.456 e. The second-order valence-electron chi connectivity index (χ2n) is 11.6. The molecule has 6 unspecified atom stereocenters. The van der Waals surface area contributed by atoms with Crippen molar-refractivity contribution in [3.8, 4) is 0 Å². The molecule has 214 valence electrons. The van der Waals surface area contributed by atoms with Crippen molar-refractivity contribution < 1.29 is 38.1 Å². The molecule has 4 bridgehead atoms. The Labute approximate surface area is 231 Å². The standard InChI is InChI=1S/C16H22O4.C15H20O4/c1-10(2)15(18)19-9-14(17)20-16(11(3)4)8-12-5-6-13(16)7-12;1-4-15(8-11-5-6-12(15)7-11)19-13(16)9-18-14(17)10(2)3/h5-6,11-13H,1,7-9H2,2-4H3;5-6,11-12H,2,4,7-9H2,1,3H3. The molecule has 2 fully saturated rings. The van der Waals surface area contributed by atoms with Crippen LogP contribution in [0.1, 0.15) is 66.7 Å². The molecule has 4 aliphatic carbocycles. The van der Waals surface area contributed by atoms with Crippen molar-refractivity contribution in [1.82, 2.24) is 0 Å². The number of carbonyl (C=O) groups excluding carboxylic acids is 4. The molecule has 39 heavy (non-hydrogen) atoms. The van der Waals surface area contributed by atoms with Crippen molar-refractivity contribution in [3.63, 3.8) is 0 Å². The normalized spacial score (nSPS) is 30.9. The molecule has 4 aliphatic rings. The second kappa shape index (κ2) is 12.3. The maximum absolute atomic E-state index is 12.0. The number of carbonyl (C=O) groups is 4. The van der Waals surface area contributed by atoms with Gasteiger partial charge in [0.1, 0.15) is 11.2 Å². The first-order chi connectivity index (χ1) is 18.3. The van der Waals surface area contributed by atoms with E-state index in [4.69, 9.17) is 18.9 Å². The van der Waals surface area contributed by atoms with Gasteiger partial charge >= 0.3 is 23.9 Å². The van der Waals surface area contributed by atoms with Gasteiger partial charge in [0.05, 0.1) is 0 Å². The third-order valence-corrected chi connectivity index (χ3v) is 8.37. The summed E-state index contributed by atoms with van der Waals surface area (Å²) in [5.74, 6) is -0.209. The molecule has 2 saturated carbocycles. The van der Waals surface area contributed by atoms with Crippen molar-refractivity contribution in [2.75, 3.05) is 13.2 Å². The Bertz CT molecular complexity index is 1070. The Morgan fingerprint density at radius 3 is 1.64 bits per heavy atom. The Morgan fingerprint density at radius 1 is 0.795 bits per heavy atom. The van der Waals surface area contributed by atoms with Crippen LogP contribution in [0.2, 0.25) is 0 Å². The van der Waals surface area contributed by atoms with Crippen LogP contribution >= 0.6 is 0 Å². The van der Waals surface area contributed by atoms with Gasteiger partial charge in [0, 0.05) is 23.0 Å². The summed E-state index contributed by atoms with van der Waals surface area (Å²) in [7, 11) is 0. The molecule has 0 aliphatic heterocycles. The average molecular weight is 543 g/mol. The fourth-order valence-electron chi connectivity index (χ4n) is 6.25. The molecule has 0 saturated heterocycles. The Morgan fingerprint density at radius 2 is 1.28 bits per heavy atom. The smallest absolute Gasteiger partial charge is 0.344 e. The highest BCUT2D eigenvalue weighted by Gasteiger charge is 2.53. The van der Waals surface area contributed by atoms with Crippen LogP contribution in [0.3, 0.4) is 0 Å². The predicted octanol–water partition coefficient (Wildman–Crippen LogP) is 5.03. The van der Waals surface area contributed by atoms with Crippen molar-refractivity contribution in [2.45, 2.75) is 77.9 Å². The van der Waals surface area contributed by atoms with E-state index >= 15 is 0 Å². The summed E-state index contributed by atoms with van der Waals surface area (Å²) >= 11 is 0. The van der Waals surface area contributed by atoms with Crippen molar-refractivity contribution in [1.29, 1.82) is 0 Å². The minimum absolute atomic E-state index is 0.239. The van der Waals surface area contributed by atoms with Crippen LogP contribution in [0.25, 0.3) is 0 Å². The molecule has 0 aromatic rings. The van der Waals surface area contributed by atoms with Gasteiger partial charge in [0.15, 0.2) is 13.2 Å². The number of hydrogen-bond donors (Lipinski definition) is 0. The zero-order valence-corrected chi connectivity index (χ0v) is 23.8. The van der Waals surface area contributed by atoms with Crippen molar-refractivity contribution >= 4 is 23.9 Å². The van der Waals surface area contributed by atoms with E-state index in [0.717, 1.165) is 32.1 Å². The first-order valence-corrected chi connectivity index (χ1v) is 13.8. The molecular weight excluding hydrogens is 500 g/mol. The second-order valence-corrected chi connectivity index (χ2v) is 11.6. The van der Waals surface area contributed by atoms with Crippen LogP contribution in [0, 0.1) is 29.6 Å². The van der Waals surface area contributed by atoms with Crippen LogP contribution in [0.15, 0.2) is 48.6 Å². The molecule has 8 nitrogen and oxygen atoms in total. The fraction of sp³-hybridized carbons (Fsp3) is 0.613. The first-order valence-electron chi connectivity index (χ1n) is 13.8. The summed E-state index contributed by atoms with van der Waals surface area (Å²) in [6.45, 7) is 15.5. The van der Waals surface area contributed by atoms with Crippen LogP contribution in [0.5, 0.6) is 0 Å². The van der Waals surface area contributed by atoms with E-state index in [1.807, 2.05) is 6.92 Å². The monoisotopic (exact) mass is 542 g/mol. The van der Waals surface area contributed by atoms with E-state index in [2.05, 4.69) is 51.3 Å². The lowest BCUT2D eigenvalue weighted by Gasteiger charge is -2.38. The molecule has 0 spiro atoms. The zero-order valence-electron chi connectivity index (χ0n) is 23.8. The van der Waals surface area contributed by atoms with E-state index in [-0.39, 0.29) is 36.2 Å².